The Hall–Kier alpha value is -0.930. The average molecular weight is 239 g/mol. The van der Waals surface area contributed by atoms with Crippen molar-refractivity contribution in [1.29, 1.82) is 0 Å². The predicted octanol–water partition coefficient (Wildman–Crippen LogP) is 3.29. The second kappa shape index (κ2) is 4.73. The highest BCUT2D eigenvalue weighted by Crippen LogP contribution is 2.20. The maximum atomic E-state index is 6.15. The van der Waals surface area contributed by atoms with Gasteiger partial charge in [0, 0.05) is 24.2 Å². The van der Waals surface area contributed by atoms with Gasteiger partial charge in [0.2, 0.25) is 0 Å². The zero-order valence-electron chi connectivity index (χ0n) is 8.40. The highest BCUT2D eigenvalue weighted by Gasteiger charge is 2.04. The van der Waals surface area contributed by atoms with Crippen LogP contribution in [0.2, 0.25) is 5.02 Å². The number of aromatic nitrogens is 2. The zero-order chi connectivity index (χ0) is 10.7. The molecule has 15 heavy (non-hydrogen) atoms. The minimum atomic E-state index is 0.786. The summed E-state index contributed by atoms with van der Waals surface area (Å²) in [5.74, 6) is 0. The summed E-state index contributed by atoms with van der Waals surface area (Å²) in [5, 5.41) is 3.93. The molecule has 2 heterocycles. The quantitative estimate of drug-likeness (QED) is 0.820. The Labute approximate surface area is 98.0 Å². The Bertz CT molecular complexity index is 440. The number of hydrogen-bond acceptors (Lipinski definition) is 3. The van der Waals surface area contributed by atoms with E-state index >= 15 is 0 Å². The van der Waals surface area contributed by atoms with Crippen molar-refractivity contribution in [2.24, 2.45) is 0 Å². The smallest absolute Gasteiger partial charge is 0.0928 e. The Balaban J connectivity index is 2.08. The van der Waals surface area contributed by atoms with Crippen LogP contribution >= 0.6 is 22.9 Å². The van der Waals surface area contributed by atoms with E-state index in [1.165, 1.54) is 0 Å². The first kappa shape index (κ1) is 10.6. The fourth-order valence-corrected chi connectivity index (χ4v) is 2.24. The molecule has 0 aliphatic carbocycles. The minimum absolute atomic E-state index is 0.786. The molecular formula is C11H11ClN2S. The van der Waals surface area contributed by atoms with Gasteiger partial charge in [-0.1, -0.05) is 11.6 Å². The van der Waals surface area contributed by atoms with Crippen LogP contribution < -0.4 is 0 Å². The van der Waals surface area contributed by atoms with Crippen LogP contribution in [0, 0.1) is 6.92 Å². The molecule has 0 N–H and O–H groups in total. The molecule has 0 aliphatic heterocycles. The second-order valence-electron chi connectivity index (χ2n) is 3.30. The fraction of sp³-hybridized carbons (Fsp3) is 0.273. The van der Waals surface area contributed by atoms with E-state index < -0.39 is 0 Å². The molecule has 0 saturated heterocycles. The van der Waals surface area contributed by atoms with Crippen molar-refractivity contribution < 1.29 is 0 Å². The van der Waals surface area contributed by atoms with Gasteiger partial charge < -0.3 is 0 Å². The first-order valence-electron chi connectivity index (χ1n) is 4.75. The largest absolute Gasteiger partial charge is 0.260 e. The van der Waals surface area contributed by atoms with Crippen LogP contribution in [0.3, 0.4) is 0 Å². The lowest BCUT2D eigenvalue weighted by Gasteiger charge is -2.04. The lowest BCUT2D eigenvalue weighted by molar-refractivity contribution is 0.936. The summed E-state index contributed by atoms with van der Waals surface area (Å²) in [7, 11) is 0. The molecule has 0 amide bonds. The SMILES string of the molecule is Cc1nccc(CCc2nccs2)c1Cl. The summed E-state index contributed by atoms with van der Waals surface area (Å²) in [4.78, 5) is 8.38. The molecule has 0 bridgehead atoms. The Morgan fingerprint density at radius 2 is 2.13 bits per heavy atom. The molecule has 0 unspecified atom stereocenters. The summed E-state index contributed by atoms with van der Waals surface area (Å²) >= 11 is 7.84. The summed E-state index contributed by atoms with van der Waals surface area (Å²) in [6.45, 7) is 1.93. The Morgan fingerprint density at radius 1 is 1.27 bits per heavy atom. The van der Waals surface area contributed by atoms with E-state index in [-0.39, 0.29) is 0 Å². The maximum absolute atomic E-state index is 6.15. The molecule has 4 heteroatoms. The van der Waals surface area contributed by atoms with Gasteiger partial charge in [-0.2, -0.15) is 0 Å². The Morgan fingerprint density at radius 3 is 2.87 bits per heavy atom. The van der Waals surface area contributed by atoms with E-state index in [1.54, 1.807) is 17.5 Å². The zero-order valence-corrected chi connectivity index (χ0v) is 9.98. The summed E-state index contributed by atoms with van der Waals surface area (Å²) in [6, 6.07) is 1.98. The van der Waals surface area contributed by atoms with Crippen LogP contribution in [-0.4, -0.2) is 9.97 Å². The molecule has 2 nitrogen and oxygen atoms in total. The lowest BCUT2D eigenvalue weighted by Crippen LogP contribution is -1.94. The van der Waals surface area contributed by atoms with Gasteiger partial charge in [0.1, 0.15) is 0 Å². The highest BCUT2D eigenvalue weighted by atomic mass is 35.5. The van der Waals surface area contributed by atoms with Gasteiger partial charge in [-0.25, -0.2) is 4.98 Å². The van der Waals surface area contributed by atoms with Gasteiger partial charge in [-0.05, 0) is 25.0 Å². The van der Waals surface area contributed by atoms with Crippen LogP contribution in [0.1, 0.15) is 16.3 Å². The van der Waals surface area contributed by atoms with E-state index in [2.05, 4.69) is 9.97 Å². The van der Waals surface area contributed by atoms with Crippen molar-refractivity contribution in [3.63, 3.8) is 0 Å². The predicted molar refractivity (Wildman–Crippen MR) is 63.5 cm³/mol. The molecular weight excluding hydrogens is 228 g/mol. The van der Waals surface area contributed by atoms with Gasteiger partial charge >= 0.3 is 0 Å². The van der Waals surface area contributed by atoms with Crippen LogP contribution in [-0.2, 0) is 12.8 Å². The number of pyridine rings is 1. The normalized spacial score (nSPS) is 10.5. The lowest BCUT2D eigenvalue weighted by atomic mass is 10.1. The van der Waals surface area contributed by atoms with Gasteiger partial charge in [0.25, 0.3) is 0 Å². The van der Waals surface area contributed by atoms with Crippen molar-refractivity contribution in [3.8, 4) is 0 Å². The third-order valence-corrected chi connectivity index (χ3v) is 3.59. The summed E-state index contributed by atoms with van der Waals surface area (Å²) in [5.41, 5.74) is 2.05. The molecule has 0 aliphatic rings. The first-order chi connectivity index (χ1) is 7.27. The average Bonchev–Trinajstić information content (AvgIpc) is 2.73. The van der Waals surface area contributed by atoms with Crippen molar-refractivity contribution in [2.45, 2.75) is 19.8 Å². The molecule has 0 saturated carbocycles. The van der Waals surface area contributed by atoms with Crippen molar-refractivity contribution in [2.75, 3.05) is 0 Å². The van der Waals surface area contributed by atoms with E-state index in [0.29, 0.717) is 0 Å². The number of hydrogen-bond donors (Lipinski definition) is 0. The van der Waals surface area contributed by atoms with Crippen LogP contribution in [0.4, 0.5) is 0 Å². The van der Waals surface area contributed by atoms with E-state index in [1.807, 2.05) is 24.6 Å². The number of thiazole rings is 1. The van der Waals surface area contributed by atoms with E-state index in [4.69, 9.17) is 11.6 Å². The third kappa shape index (κ3) is 2.55. The molecule has 0 atom stereocenters. The van der Waals surface area contributed by atoms with Crippen molar-refractivity contribution in [1.82, 2.24) is 9.97 Å². The van der Waals surface area contributed by atoms with Gasteiger partial charge in [-0.3, -0.25) is 4.98 Å². The molecule has 0 radical (unpaired) electrons. The van der Waals surface area contributed by atoms with Gasteiger partial charge in [-0.15, -0.1) is 11.3 Å². The van der Waals surface area contributed by atoms with Crippen molar-refractivity contribution in [3.05, 3.63) is 45.1 Å². The Kier molecular flexibility index (Phi) is 3.34. The molecule has 78 valence electrons. The van der Waals surface area contributed by atoms with Crippen LogP contribution in [0.5, 0.6) is 0 Å². The van der Waals surface area contributed by atoms with Crippen LogP contribution in [0.25, 0.3) is 0 Å². The molecule has 0 fully saturated rings. The topological polar surface area (TPSA) is 25.8 Å². The number of rotatable bonds is 3. The summed E-state index contributed by atoms with van der Waals surface area (Å²) in [6.07, 6.45) is 5.51. The number of halogens is 1. The molecule has 0 aromatic carbocycles. The number of aryl methyl sites for hydroxylation is 3. The van der Waals surface area contributed by atoms with Crippen molar-refractivity contribution >= 4 is 22.9 Å². The second-order valence-corrected chi connectivity index (χ2v) is 4.65. The van der Waals surface area contributed by atoms with Gasteiger partial charge in [0.05, 0.1) is 15.7 Å². The highest BCUT2D eigenvalue weighted by molar-refractivity contribution is 7.09. The van der Waals surface area contributed by atoms with E-state index in [0.717, 1.165) is 34.1 Å². The number of nitrogens with zero attached hydrogens (tertiary/aromatic N) is 2. The standard InChI is InChI=1S/C11H11ClN2S/c1-8-11(12)9(4-5-13-8)2-3-10-14-6-7-15-10/h4-7H,2-3H2,1H3. The third-order valence-electron chi connectivity index (χ3n) is 2.24. The molecule has 2 rings (SSSR count). The van der Waals surface area contributed by atoms with E-state index in [9.17, 15) is 0 Å². The fourth-order valence-electron chi connectivity index (χ4n) is 1.41. The molecule has 2 aromatic rings. The summed E-state index contributed by atoms with van der Waals surface area (Å²) < 4.78 is 0. The van der Waals surface area contributed by atoms with Crippen LogP contribution in [0.15, 0.2) is 23.8 Å². The molecule has 0 spiro atoms. The maximum Gasteiger partial charge on any atom is 0.0928 e. The monoisotopic (exact) mass is 238 g/mol. The molecule has 2 aromatic heterocycles. The minimum Gasteiger partial charge on any atom is -0.260 e. The first-order valence-corrected chi connectivity index (χ1v) is 6.01. The van der Waals surface area contributed by atoms with Gasteiger partial charge in [0.15, 0.2) is 0 Å².